The van der Waals surface area contributed by atoms with Gasteiger partial charge in [-0.2, -0.15) is 5.10 Å². The molecule has 2 heterocycles. The quantitative estimate of drug-likeness (QED) is 0.823. The SMILES string of the molecule is COCCn1nc(C)c(CNC(=O)C2CC(c3ccccc3)=NO2)c1C. The van der Waals surface area contributed by atoms with Crippen molar-refractivity contribution in [2.45, 2.75) is 39.5 Å². The predicted molar refractivity (Wildman–Crippen MR) is 97.9 cm³/mol. The van der Waals surface area contributed by atoms with Crippen LogP contribution in [0.1, 0.15) is 28.9 Å². The van der Waals surface area contributed by atoms with Gasteiger partial charge in [-0.15, -0.1) is 0 Å². The van der Waals surface area contributed by atoms with Gasteiger partial charge in [-0.3, -0.25) is 9.48 Å². The van der Waals surface area contributed by atoms with Crippen molar-refractivity contribution >= 4 is 11.6 Å². The second-order valence-corrected chi connectivity index (χ2v) is 6.29. The highest BCUT2D eigenvalue weighted by Crippen LogP contribution is 2.17. The first-order valence-corrected chi connectivity index (χ1v) is 8.67. The zero-order valence-electron chi connectivity index (χ0n) is 15.4. The Balaban J connectivity index is 1.56. The summed E-state index contributed by atoms with van der Waals surface area (Å²) in [4.78, 5) is 17.8. The van der Waals surface area contributed by atoms with Crippen molar-refractivity contribution < 1.29 is 14.4 Å². The molecule has 7 nitrogen and oxygen atoms in total. The zero-order chi connectivity index (χ0) is 18.5. The van der Waals surface area contributed by atoms with Gasteiger partial charge < -0.3 is 14.9 Å². The van der Waals surface area contributed by atoms with Crippen LogP contribution in [0.5, 0.6) is 0 Å². The Morgan fingerprint density at radius 3 is 2.85 bits per heavy atom. The van der Waals surface area contributed by atoms with Crippen LogP contribution >= 0.6 is 0 Å². The summed E-state index contributed by atoms with van der Waals surface area (Å²) in [7, 11) is 1.67. The smallest absolute Gasteiger partial charge is 0.264 e. The van der Waals surface area contributed by atoms with Crippen LogP contribution in [0, 0.1) is 13.8 Å². The summed E-state index contributed by atoms with van der Waals surface area (Å²) in [5.74, 6) is -0.164. The zero-order valence-corrected chi connectivity index (χ0v) is 15.4. The van der Waals surface area contributed by atoms with E-state index in [2.05, 4.69) is 15.6 Å². The molecule has 1 amide bonds. The summed E-state index contributed by atoms with van der Waals surface area (Å²) in [6.45, 7) is 5.66. The number of carbonyl (C=O) groups is 1. The number of aryl methyl sites for hydroxylation is 1. The maximum absolute atomic E-state index is 12.4. The van der Waals surface area contributed by atoms with E-state index in [4.69, 9.17) is 9.57 Å². The molecule has 1 N–H and O–H groups in total. The summed E-state index contributed by atoms with van der Waals surface area (Å²) in [5.41, 5.74) is 4.75. The van der Waals surface area contributed by atoms with Crippen LogP contribution in [0.3, 0.4) is 0 Å². The number of benzene rings is 1. The molecule has 1 aromatic carbocycles. The molecule has 0 aliphatic carbocycles. The molecule has 0 bridgehead atoms. The Labute approximate surface area is 153 Å². The van der Waals surface area contributed by atoms with E-state index in [0.29, 0.717) is 26.1 Å². The number of rotatable bonds is 7. The summed E-state index contributed by atoms with van der Waals surface area (Å²) in [5, 5.41) is 11.5. The number of nitrogens with one attached hydrogen (secondary N) is 1. The van der Waals surface area contributed by atoms with E-state index < -0.39 is 6.10 Å². The second-order valence-electron chi connectivity index (χ2n) is 6.29. The standard InChI is InChI=1S/C19H24N4O3/c1-13-16(14(2)23(21-13)9-10-25-3)12-20-19(24)18-11-17(22-26-18)15-7-5-4-6-8-15/h4-8,18H,9-12H2,1-3H3,(H,20,24). The van der Waals surface area contributed by atoms with E-state index in [1.165, 1.54) is 0 Å². The molecule has 0 saturated heterocycles. The number of carbonyl (C=O) groups excluding carboxylic acids is 1. The van der Waals surface area contributed by atoms with Gasteiger partial charge in [0.2, 0.25) is 6.10 Å². The average Bonchev–Trinajstić information content (AvgIpc) is 3.25. The third-order valence-corrected chi connectivity index (χ3v) is 4.55. The molecular weight excluding hydrogens is 332 g/mol. The van der Waals surface area contributed by atoms with E-state index in [-0.39, 0.29) is 5.91 Å². The second kappa shape index (κ2) is 8.14. The number of amides is 1. The lowest BCUT2D eigenvalue weighted by Gasteiger charge is -2.10. The Hall–Kier alpha value is -2.67. The Kier molecular flexibility index (Phi) is 5.68. The average molecular weight is 356 g/mol. The monoisotopic (exact) mass is 356 g/mol. The van der Waals surface area contributed by atoms with Gasteiger partial charge in [0.1, 0.15) is 0 Å². The lowest BCUT2D eigenvalue weighted by atomic mass is 10.0. The molecule has 1 aromatic heterocycles. The fourth-order valence-corrected chi connectivity index (χ4v) is 2.99. The maximum atomic E-state index is 12.4. The van der Waals surface area contributed by atoms with Crippen LogP contribution in [-0.4, -0.2) is 41.2 Å². The van der Waals surface area contributed by atoms with E-state index >= 15 is 0 Å². The van der Waals surface area contributed by atoms with Gasteiger partial charge in [0, 0.05) is 31.3 Å². The van der Waals surface area contributed by atoms with Gasteiger partial charge in [0.15, 0.2) is 0 Å². The minimum Gasteiger partial charge on any atom is -0.383 e. The molecule has 1 aliphatic rings. The van der Waals surface area contributed by atoms with Crippen molar-refractivity contribution in [2.24, 2.45) is 5.16 Å². The molecule has 0 radical (unpaired) electrons. The fraction of sp³-hybridized carbons (Fsp3) is 0.421. The molecule has 3 rings (SSSR count). The predicted octanol–water partition coefficient (Wildman–Crippen LogP) is 1.96. The number of oxime groups is 1. The molecule has 138 valence electrons. The minimum absolute atomic E-state index is 0.164. The van der Waals surface area contributed by atoms with Crippen LogP contribution in [0.2, 0.25) is 0 Å². The largest absolute Gasteiger partial charge is 0.383 e. The minimum atomic E-state index is -0.589. The van der Waals surface area contributed by atoms with E-state index in [9.17, 15) is 4.79 Å². The topological polar surface area (TPSA) is 77.7 Å². The first-order chi connectivity index (χ1) is 12.6. The normalized spacial score (nSPS) is 16.3. The van der Waals surface area contributed by atoms with Crippen LogP contribution in [0.15, 0.2) is 35.5 Å². The third kappa shape index (κ3) is 3.94. The molecular formula is C19H24N4O3. The lowest BCUT2D eigenvalue weighted by molar-refractivity contribution is -0.131. The highest BCUT2D eigenvalue weighted by molar-refractivity contribution is 6.04. The number of hydrogen-bond acceptors (Lipinski definition) is 5. The van der Waals surface area contributed by atoms with Crippen LogP contribution in [0.25, 0.3) is 0 Å². The maximum Gasteiger partial charge on any atom is 0.264 e. The molecule has 0 fully saturated rings. The van der Waals surface area contributed by atoms with Gasteiger partial charge in [0.25, 0.3) is 5.91 Å². The highest BCUT2D eigenvalue weighted by atomic mass is 16.6. The summed E-state index contributed by atoms with van der Waals surface area (Å²) >= 11 is 0. The van der Waals surface area contributed by atoms with Gasteiger partial charge in [-0.25, -0.2) is 0 Å². The fourth-order valence-electron chi connectivity index (χ4n) is 2.99. The number of methoxy groups -OCH3 is 1. The van der Waals surface area contributed by atoms with Gasteiger partial charge in [-0.05, 0) is 19.4 Å². The van der Waals surface area contributed by atoms with Crippen molar-refractivity contribution in [3.8, 4) is 0 Å². The molecule has 7 heteroatoms. The Morgan fingerprint density at radius 1 is 1.35 bits per heavy atom. The molecule has 0 spiro atoms. The number of nitrogens with zero attached hydrogens (tertiary/aromatic N) is 3. The van der Waals surface area contributed by atoms with E-state index in [1.807, 2.05) is 48.9 Å². The first kappa shape index (κ1) is 18.1. The van der Waals surface area contributed by atoms with Crippen molar-refractivity contribution in [1.82, 2.24) is 15.1 Å². The molecule has 0 saturated carbocycles. The van der Waals surface area contributed by atoms with Crippen molar-refractivity contribution in [1.29, 1.82) is 0 Å². The number of aromatic nitrogens is 2. The summed E-state index contributed by atoms with van der Waals surface area (Å²) in [6, 6.07) is 9.75. The summed E-state index contributed by atoms with van der Waals surface area (Å²) < 4.78 is 7.01. The van der Waals surface area contributed by atoms with Crippen molar-refractivity contribution in [3.05, 3.63) is 52.8 Å². The molecule has 1 aliphatic heterocycles. The van der Waals surface area contributed by atoms with Crippen molar-refractivity contribution in [2.75, 3.05) is 13.7 Å². The van der Waals surface area contributed by atoms with Crippen molar-refractivity contribution in [3.63, 3.8) is 0 Å². The third-order valence-electron chi connectivity index (χ3n) is 4.55. The van der Waals surface area contributed by atoms with E-state index in [1.54, 1.807) is 7.11 Å². The number of hydrogen-bond donors (Lipinski definition) is 1. The number of ether oxygens (including phenoxy) is 1. The van der Waals surface area contributed by atoms with Crippen LogP contribution in [-0.2, 0) is 27.5 Å². The molecule has 1 unspecified atom stereocenters. The molecule has 1 atom stereocenters. The first-order valence-electron chi connectivity index (χ1n) is 8.67. The molecule has 2 aromatic rings. The highest BCUT2D eigenvalue weighted by Gasteiger charge is 2.29. The van der Waals surface area contributed by atoms with E-state index in [0.717, 1.165) is 28.2 Å². The van der Waals surface area contributed by atoms with Crippen LogP contribution < -0.4 is 5.32 Å². The Bertz CT molecular complexity index is 799. The lowest BCUT2D eigenvalue weighted by Crippen LogP contribution is -2.34. The van der Waals surface area contributed by atoms with Gasteiger partial charge >= 0.3 is 0 Å². The van der Waals surface area contributed by atoms with Gasteiger partial charge in [0.05, 0.1) is 24.6 Å². The Morgan fingerprint density at radius 2 is 2.12 bits per heavy atom. The van der Waals surface area contributed by atoms with Crippen LogP contribution in [0.4, 0.5) is 0 Å². The molecule has 26 heavy (non-hydrogen) atoms. The van der Waals surface area contributed by atoms with Gasteiger partial charge in [-0.1, -0.05) is 35.5 Å². The summed E-state index contributed by atoms with van der Waals surface area (Å²) in [6.07, 6.45) is -0.115.